The molecular formula is C12H12F2O. The van der Waals surface area contributed by atoms with Crippen molar-refractivity contribution in [2.24, 2.45) is 0 Å². The molecule has 0 atom stereocenters. The van der Waals surface area contributed by atoms with Gasteiger partial charge in [0.2, 0.25) is 0 Å². The monoisotopic (exact) mass is 210 g/mol. The highest BCUT2D eigenvalue weighted by Crippen LogP contribution is 2.26. The molecule has 0 amide bonds. The summed E-state index contributed by atoms with van der Waals surface area (Å²) in [6, 6.07) is 6.66. The van der Waals surface area contributed by atoms with E-state index in [1.807, 2.05) is 13.8 Å². The van der Waals surface area contributed by atoms with Gasteiger partial charge in [0.15, 0.2) is 11.6 Å². The lowest BCUT2D eigenvalue weighted by Crippen LogP contribution is -1.83. The molecule has 0 saturated carbocycles. The zero-order valence-corrected chi connectivity index (χ0v) is 8.59. The minimum Gasteiger partial charge on any atom is -0.507 e. The topological polar surface area (TPSA) is 20.2 Å². The van der Waals surface area contributed by atoms with Gasteiger partial charge in [-0.3, -0.25) is 0 Å². The Balaban J connectivity index is 0.000000531. The van der Waals surface area contributed by atoms with Gasteiger partial charge in [-0.05, 0) is 23.6 Å². The van der Waals surface area contributed by atoms with Gasteiger partial charge in [0.1, 0.15) is 5.75 Å². The van der Waals surface area contributed by atoms with Crippen molar-refractivity contribution in [3.63, 3.8) is 0 Å². The van der Waals surface area contributed by atoms with Crippen LogP contribution < -0.4 is 0 Å². The van der Waals surface area contributed by atoms with Crippen molar-refractivity contribution in [3.8, 4) is 5.75 Å². The van der Waals surface area contributed by atoms with Gasteiger partial charge in [0.05, 0.1) is 0 Å². The Morgan fingerprint density at radius 1 is 1.00 bits per heavy atom. The third kappa shape index (κ3) is 2.24. The van der Waals surface area contributed by atoms with E-state index in [1.54, 1.807) is 12.1 Å². The Labute approximate surface area is 87.0 Å². The third-order valence-electron chi connectivity index (χ3n) is 1.90. The summed E-state index contributed by atoms with van der Waals surface area (Å²) < 4.78 is 25.5. The van der Waals surface area contributed by atoms with Crippen LogP contribution in [0.4, 0.5) is 8.78 Å². The number of rotatable bonds is 0. The van der Waals surface area contributed by atoms with E-state index in [0.29, 0.717) is 10.8 Å². The maximum atomic E-state index is 12.7. The molecule has 3 heteroatoms. The molecule has 0 spiro atoms. The lowest BCUT2D eigenvalue weighted by atomic mass is 10.1. The van der Waals surface area contributed by atoms with E-state index in [1.165, 1.54) is 6.07 Å². The molecule has 80 valence electrons. The number of hydrogen-bond acceptors (Lipinski definition) is 1. The van der Waals surface area contributed by atoms with E-state index >= 15 is 0 Å². The van der Waals surface area contributed by atoms with Gasteiger partial charge in [-0.25, -0.2) is 8.78 Å². The molecule has 2 aromatic rings. The maximum absolute atomic E-state index is 12.7. The molecule has 2 rings (SSSR count). The van der Waals surface area contributed by atoms with E-state index < -0.39 is 11.6 Å². The van der Waals surface area contributed by atoms with E-state index in [4.69, 9.17) is 0 Å². The van der Waals surface area contributed by atoms with Gasteiger partial charge in [0, 0.05) is 5.39 Å². The highest BCUT2D eigenvalue weighted by molar-refractivity contribution is 5.88. The fourth-order valence-corrected chi connectivity index (χ4v) is 1.25. The summed E-state index contributed by atoms with van der Waals surface area (Å²) in [5.74, 6) is -1.90. The minimum absolute atomic E-state index is 0.0450. The van der Waals surface area contributed by atoms with Crippen molar-refractivity contribution in [1.29, 1.82) is 0 Å². The Hall–Kier alpha value is -1.64. The molecule has 2 aromatic carbocycles. The van der Waals surface area contributed by atoms with Crippen molar-refractivity contribution in [3.05, 3.63) is 42.0 Å². The fourth-order valence-electron chi connectivity index (χ4n) is 1.25. The van der Waals surface area contributed by atoms with Crippen molar-refractivity contribution >= 4 is 10.8 Å². The molecule has 0 fully saturated rings. The van der Waals surface area contributed by atoms with Crippen LogP contribution in [0, 0.1) is 11.6 Å². The molecule has 0 radical (unpaired) electrons. The number of aromatic hydroxyl groups is 1. The van der Waals surface area contributed by atoms with Crippen LogP contribution in [-0.4, -0.2) is 5.11 Å². The van der Waals surface area contributed by atoms with Gasteiger partial charge < -0.3 is 5.11 Å². The molecular weight excluding hydrogens is 198 g/mol. The van der Waals surface area contributed by atoms with Crippen LogP contribution in [0.5, 0.6) is 5.75 Å². The first-order valence-corrected chi connectivity index (χ1v) is 4.75. The van der Waals surface area contributed by atoms with Crippen LogP contribution in [0.1, 0.15) is 13.8 Å². The third-order valence-corrected chi connectivity index (χ3v) is 1.90. The second kappa shape index (κ2) is 4.73. The average Bonchev–Trinajstić information content (AvgIpc) is 2.24. The average molecular weight is 210 g/mol. The van der Waals surface area contributed by atoms with Crippen molar-refractivity contribution in [2.75, 3.05) is 0 Å². The maximum Gasteiger partial charge on any atom is 0.159 e. The molecule has 0 aliphatic carbocycles. The fraction of sp³-hybridized carbons (Fsp3) is 0.167. The minimum atomic E-state index is -0.950. The summed E-state index contributed by atoms with van der Waals surface area (Å²) in [4.78, 5) is 0. The lowest BCUT2D eigenvalue weighted by molar-refractivity contribution is 0.479. The van der Waals surface area contributed by atoms with Crippen LogP contribution in [0.25, 0.3) is 10.8 Å². The molecule has 1 nitrogen and oxygen atoms in total. The molecule has 0 aliphatic rings. The summed E-state index contributed by atoms with van der Waals surface area (Å²) in [5, 5.41) is 10.1. The molecule has 0 heterocycles. The Morgan fingerprint density at radius 2 is 1.60 bits per heavy atom. The first-order chi connectivity index (χ1) is 7.18. The highest BCUT2D eigenvalue weighted by atomic mass is 19.2. The number of phenols is 1. The number of fused-ring (bicyclic) bond motifs is 1. The van der Waals surface area contributed by atoms with E-state index in [-0.39, 0.29) is 5.75 Å². The predicted octanol–water partition coefficient (Wildman–Crippen LogP) is 3.85. The molecule has 1 N–H and O–H groups in total. The molecule has 0 aromatic heterocycles. The highest BCUT2D eigenvalue weighted by Gasteiger charge is 2.05. The van der Waals surface area contributed by atoms with Gasteiger partial charge in [-0.15, -0.1) is 0 Å². The summed E-state index contributed by atoms with van der Waals surface area (Å²) >= 11 is 0. The second-order valence-electron chi connectivity index (χ2n) is 2.76. The number of phenolic OH excluding ortho intramolecular Hbond substituents is 1. The first kappa shape index (κ1) is 11.4. The van der Waals surface area contributed by atoms with Gasteiger partial charge in [0.25, 0.3) is 0 Å². The van der Waals surface area contributed by atoms with Gasteiger partial charge >= 0.3 is 0 Å². The second-order valence-corrected chi connectivity index (χ2v) is 2.76. The number of halogens is 2. The molecule has 0 saturated heterocycles. The Morgan fingerprint density at radius 3 is 2.27 bits per heavy atom. The predicted molar refractivity (Wildman–Crippen MR) is 56.9 cm³/mol. The van der Waals surface area contributed by atoms with E-state index in [2.05, 4.69) is 0 Å². The van der Waals surface area contributed by atoms with Crippen molar-refractivity contribution in [2.45, 2.75) is 13.8 Å². The normalized spacial score (nSPS) is 9.60. The van der Waals surface area contributed by atoms with E-state index in [9.17, 15) is 13.9 Å². The molecule has 15 heavy (non-hydrogen) atoms. The summed E-state index contributed by atoms with van der Waals surface area (Å²) in [6.07, 6.45) is 0. The number of hydrogen-bond donors (Lipinski definition) is 1. The first-order valence-electron chi connectivity index (χ1n) is 4.75. The molecule has 0 aliphatic heterocycles. The van der Waals surface area contributed by atoms with Crippen molar-refractivity contribution < 1.29 is 13.9 Å². The van der Waals surface area contributed by atoms with Crippen LogP contribution in [0.15, 0.2) is 30.3 Å². The Kier molecular flexibility index (Phi) is 3.61. The Bertz CT molecular complexity index is 466. The zero-order chi connectivity index (χ0) is 11.4. The molecule has 0 bridgehead atoms. The largest absolute Gasteiger partial charge is 0.507 e. The van der Waals surface area contributed by atoms with E-state index in [0.717, 1.165) is 12.1 Å². The summed E-state index contributed by atoms with van der Waals surface area (Å²) in [7, 11) is 0. The lowest BCUT2D eigenvalue weighted by Gasteiger charge is -2.00. The number of benzene rings is 2. The SMILES string of the molecule is CC.Oc1cccc2cc(F)c(F)cc12. The van der Waals surface area contributed by atoms with Gasteiger partial charge in [-0.2, -0.15) is 0 Å². The van der Waals surface area contributed by atoms with Crippen LogP contribution in [0.2, 0.25) is 0 Å². The van der Waals surface area contributed by atoms with Crippen LogP contribution in [-0.2, 0) is 0 Å². The van der Waals surface area contributed by atoms with Crippen LogP contribution in [0.3, 0.4) is 0 Å². The van der Waals surface area contributed by atoms with Gasteiger partial charge in [-0.1, -0.05) is 26.0 Å². The van der Waals surface area contributed by atoms with Crippen molar-refractivity contribution in [1.82, 2.24) is 0 Å². The quantitative estimate of drug-likeness (QED) is 0.700. The van der Waals surface area contributed by atoms with Crippen LogP contribution >= 0.6 is 0 Å². The smallest absolute Gasteiger partial charge is 0.159 e. The standard InChI is InChI=1S/C10H6F2O.C2H6/c11-8-4-6-2-1-3-10(13)7(6)5-9(8)12;1-2/h1-5,13H;1-2H3. The molecule has 0 unspecified atom stereocenters. The summed E-state index contributed by atoms with van der Waals surface area (Å²) in [6.45, 7) is 4.00. The summed E-state index contributed by atoms with van der Waals surface area (Å²) in [5.41, 5.74) is 0. The zero-order valence-electron chi connectivity index (χ0n) is 8.59.